The Labute approximate surface area is 251 Å². The van der Waals surface area contributed by atoms with Gasteiger partial charge in [-0.2, -0.15) is 0 Å². The van der Waals surface area contributed by atoms with Gasteiger partial charge in [0.1, 0.15) is 5.58 Å². The zero-order chi connectivity index (χ0) is 28.4. The number of benzene rings is 5. The van der Waals surface area contributed by atoms with Crippen molar-refractivity contribution in [2.24, 2.45) is 0 Å². The lowest BCUT2D eigenvalue weighted by molar-refractivity contribution is 0.290. The van der Waals surface area contributed by atoms with Gasteiger partial charge in [0.2, 0.25) is 0 Å². The molecule has 0 radical (unpaired) electrons. The molecule has 0 N–H and O–H groups in total. The van der Waals surface area contributed by atoms with Crippen molar-refractivity contribution in [1.82, 2.24) is 0 Å². The summed E-state index contributed by atoms with van der Waals surface area (Å²) in [6, 6.07) is 39.3. The zero-order valence-electron chi connectivity index (χ0n) is 24.0. The molecule has 2 heterocycles. The number of rotatable bonds is 4. The highest BCUT2D eigenvalue weighted by Crippen LogP contribution is 2.55. The molecule has 2 aliphatic rings. The fourth-order valence-electron chi connectivity index (χ4n) is 7.66. The summed E-state index contributed by atoms with van der Waals surface area (Å²) in [7, 11) is 0. The van der Waals surface area contributed by atoms with Crippen molar-refractivity contribution < 1.29 is 4.42 Å². The Morgan fingerprint density at radius 1 is 0.810 bits per heavy atom. The number of aryl methyl sites for hydroxylation is 1. The molecule has 2 atom stereocenters. The van der Waals surface area contributed by atoms with E-state index in [0.29, 0.717) is 11.1 Å². The molecule has 4 heteroatoms. The van der Waals surface area contributed by atoms with E-state index in [1.165, 1.54) is 48.2 Å². The Morgan fingerprint density at radius 2 is 1.62 bits per heavy atom. The molecule has 1 aliphatic heterocycles. The number of halogens is 1. The molecule has 6 aromatic rings. The minimum absolute atomic E-state index is 0.158. The van der Waals surface area contributed by atoms with Crippen LogP contribution in [0, 0.1) is 6.92 Å². The summed E-state index contributed by atoms with van der Waals surface area (Å²) in [5.74, 6) is 0. The first-order valence-corrected chi connectivity index (χ1v) is 15.4. The van der Waals surface area contributed by atoms with Gasteiger partial charge in [-0.25, -0.2) is 0 Å². The van der Waals surface area contributed by atoms with Crippen molar-refractivity contribution >= 4 is 62.0 Å². The van der Waals surface area contributed by atoms with Crippen LogP contribution in [0.2, 0.25) is 5.02 Å². The van der Waals surface area contributed by atoms with Gasteiger partial charge in [-0.05, 0) is 85.5 Å². The molecule has 3 nitrogen and oxygen atoms in total. The quantitative estimate of drug-likeness (QED) is 0.211. The standard InChI is InChI=1S/C38H33ClN2O/c1-25-21-28(24-29(22-25)41-33-16-5-4-15-32(33)38(2)20-8-7-19-36(38)41)40(27-12-9-11-26(39)23-27)34-17-10-14-31-30-13-3-6-18-35(30)42-37(31)34/h3-6,9-18,21-24,36H,7-8,19-20H2,1-2H3. The van der Waals surface area contributed by atoms with Crippen molar-refractivity contribution in [3.63, 3.8) is 0 Å². The molecule has 2 unspecified atom stereocenters. The van der Waals surface area contributed by atoms with Gasteiger partial charge >= 0.3 is 0 Å². The largest absolute Gasteiger partial charge is 0.454 e. The minimum Gasteiger partial charge on any atom is -0.454 e. The van der Waals surface area contributed by atoms with Gasteiger partial charge in [0.15, 0.2) is 5.58 Å². The van der Waals surface area contributed by atoms with E-state index in [-0.39, 0.29) is 5.41 Å². The van der Waals surface area contributed by atoms with Crippen LogP contribution in [0.25, 0.3) is 21.9 Å². The third-order valence-electron chi connectivity index (χ3n) is 9.52. The average Bonchev–Trinajstić information content (AvgIpc) is 3.51. The van der Waals surface area contributed by atoms with E-state index in [4.69, 9.17) is 16.0 Å². The smallest absolute Gasteiger partial charge is 0.159 e. The van der Waals surface area contributed by atoms with E-state index in [2.05, 4.69) is 103 Å². The number of anilines is 5. The molecule has 1 saturated carbocycles. The Kier molecular flexibility index (Phi) is 5.87. The molecule has 8 rings (SSSR count). The average molecular weight is 569 g/mol. The second kappa shape index (κ2) is 9.68. The van der Waals surface area contributed by atoms with Crippen LogP contribution < -0.4 is 9.80 Å². The first-order valence-electron chi connectivity index (χ1n) is 15.0. The number of hydrogen-bond donors (Lipinski definition) is 0. The van der Waals surface area contributed by atoms with Crippen LogP contribution in [0.1, 0.15) is 43.7 Å². The summed E-state index contributed by atoms with van der Waals surface area (Å²) < 4.78 is 6.54. The Bertz CT molecular complexity index is 1980. The highest BCUT2D eigenvalue weighted by molar-refractivity contribution is 6.31. The predicted molar refractivity (Wildman–Crippen MR) is 176 cm³/mol. The second-order valence-electron chi connectivity index (χ2n) is 12.2. The molecule has 1 fully saturated rings. The summed E-state index contributed by atoms with van der Waals surface area (Å²) in [6.07, 6.45) is 4.99. The topological polar surface area (TPSA) is 19.6 Å². The summed E-state index contributed by atoms with van der Waals surface area (Å²) in [5.41, 5.74) is 10.3. The molecule has 42 heavy (non-hydrogen) atoms. The Morgan fingerprint density at radius 3 is 2.52 bits per heavy atom. The molecule has 0 amide bonds. The Hall–Kier alpha value is -4.21. The third kappa shape index (κ3) is 3.87. The normalized spacial score (nSPS) is 19.7. The summed E-state index contributed by atoms with van der Waals surface area (Å²) in [5, 5.41) is 2.93. The van der Waals surface area contributed by atoms with Gasteiger partial charge in [0.25, 0.3) is 0 Å². The molecular formula is C38H33ClN2O. The monoisotopic (exact) mass is 568 g/mol. The Balaban J connectivity index is 1.35. The van der Waals surface area contributed by atoms with Crippen molar-refractivity contribution in [2.75, 3.05) is 9.80 Å². The summed E-state index contributed by atoms with van der Waals surface area (Å²) in [4.78, 5) is 4.93. The molecule has 0 spiro atoms. The lowest BCUT2D eigenvalue weighted by Crippen LogP contribution is -2.43. The van der Waals surface area contributed by atoms with Crippen LogP contribution >= 0.6 is 11.6 Å². The fraction of sp³-hybridized carbons (Fsp3) is 0.211. The first-order chi connectivity index (χ1) is 20.5. The van der Waals surface area contributed by atoms with Gasteiger partial charge in [0.05, 0.1) is 5.69 Å². The van der Waals surface area contributed by atoms with Crippen molar-refractivity contribution in [1.29, 1.82) is 0 Å². The van der Waals surface area contributed by atoms with E-state index in [1.807, 2.05) is 30.3 Å². The van der Waals surface area contributed by atoms with Gasteiger partial charge in [0, 0.05) is 50.0 Å². The van der Waals surface area contributed by atoms with E-state index in [1.54, 1.807) is 0 Å². The van der Waals surface area contributed by atoms with Crippen LogP contribution in [-0.2, 0) is 5.41 Å². The highest BCUT2D eigenvalue weighted by atomic mass is 35.5. The summed E-state index contributed by atoms with van der Waals surface area (Å²) in [6.45, 7) is 4.68. The third-order valence-corrected chi connectivity index (χ3v) is 9.76. The van der Waals surface area contributed by atoms with Crippen LogP contribution in [0.15, 0.2) is 114 Å². The summed E-state index contributed by atoms with van der Waals surface area (Å²) >= 11 is 6.60. The molecule has 1 aliphatic carbocycles. The predicted octanol–water partition coefficient (Wildman–Crippen LogP) is 11.4. The van der Waals surface area contributed by atoms with E-state index in [0.717, 1.165) is 39.0 Å². The van der Waals surface area contributed by atoms with E-state index >= 15 is 0 Å². The number of hydrogen-bond acceptors (Lipinski definition) is 3. The van der Waals surface area contributed by atoms with Crippen molar-refractivity contribution in [2.45, 2.75) is 51.0 Å². The SMILES string of the molecule is Cc1cc(N(c2cccc(Cl)c2)c2cccc3c2oc2ccccc23)cc(N2c3ccccc3C3(C)CCCCC23)c1. The molecule has 0 saturated heterocycles. The first kappa shape index (κ1) is 25.5. The maximum Gasteiger partial charge on any atom is 0.159 e. The van der Waals surface area contributed by atoms with Gasteiger partial charge < -0.3 is 14.2 Å². The van der Waals surface area contributed by atoms with Crippen LogP contribution in [0.3, 0.4) is 0 Å². The van der Waals surface area contributed by atoms with E-state index < -0.39 is 0 Å². The molecule has 208 valence electrons. The minimum atomic E-state index is 0.158. The van der Waals surface area contributed by atoms with Crippen LogP contribution in [0.5, 0.6) is 0 Å². The zero-order valence-corrected chi connectivity index (χ0v) is 24.7. The highest BCUT2D eigenvalue weighted by Gasteiger charge is 2.49. The number of furan rings is 1. The molecular weight excluding hydrogens is 536 g/mol. The second-order valence-corrected chi connectivity index (χ2v) is 12.6. The number of fused-ring (bicyclic) bond motifs is 6. The van der Waals surface area contributed by atoms with Gasteiger partial charge in [-0.15, -0.1) is 0 Å². The van der Waals surface area contributed by atoms with Crippen molar-refractivity contribution in [3.8, 4) is 0 Å². The molecule has 1 aromatic heterocycles. The lowest BCUT2D eigenvalue weighted by Gasteiger charge is -2.41. The van der Waals surface area contributed by atoms with E-state index in [9.17, 15) is 0 Å². The van der Waals surface area contributed by atoms with Crippen LogP contribution in [0.4, 0.5) is 28.4 Å². The maximum absolute atomic E-state index is 6.60. The van der Waals surface area contributed by atoms with Crippen molar-refractivity contribution in [3.05, 3.63) is 125 Å². The molecule has 0 bridgehead atoms. The van der Waals surface area contributed by atoms with Gasteiger partial charge in [-0.1, -0.05) is 86.0 Å². The number of para-hydroxylation sites is 3. The lowest BCUT2D eigenvalue weighted by atomic mass is 9.69. The van der Waals surface area contributed by atoms with Crippen LogP contribution in [-0.4, -0.2) is 6.04 Å². The fourth-order valence-corrected chi connectivity index (χ4v) is 7.84. The molecule has 5 aromatic carbocycles. The van der Waals surface area contributed by atoms with Gasteiger partial charge in [-0.3, -0.25) is 0 Å². The number of nitrogens with zero attached hydrogens (tertiary/aromatic N) is 2. The maximum atomic E-state index is 6.60.